The summed E-state index contributed by atoms with van der Waals surface area (Å²) in [4.78, 5) is 15.9. The Morgan fingerprint density at radius 2 is 2.06 bits per heavy atom. The second-order valence-electron chi connectivity index (χ2n) is 3.82. The van der Waals surface area contributed by atoms with Gasteiger partial charge >= 0.3 is 5.97 Å². The van der Waals surface area contributed by atoms with Gasteiger partial charge in [-0.15, -0.1) is 0 Å². The van der Waals surface area contributed by atoms with Crippen LogP contribution in [-0.4, -0.2) is 25.2 Å². The van der Waals surface area contributed by atoms with Crippen LogP contribution in [0.5, 0.6) is 5.75 Å². The summed E-state index contributed by atoms with van der Waals surface area (Å²) in [6.45, 7) is 1.95. The topological polar surface area (TPSA) is 48.4 Å². The fraction of sp³-hybridized carbons (Fsp3) is 0.231. The van der Waals surface area contributed by atoms with Crippen LogP contribution in [-0.2, 0) is 4.74 Å². The number of nitrogens with zero attached hydrogens (tertiary/aromatic N) is 1. The van der Waals surface area contributed by atoms with E-state index in [0.29, 0.717) is 10.0 Å². The van der Waals surface area contributed by atoms with Gasteiger partial charge in [0.25, 0.3) is 0 Å². The van der Waals surface area contributed by atoms with Crippen molar-refractivity contribution in [2.45, 2.75) is 6.92 Å². The van der Waals surface area contributed by atoms with E-state index in [9.17, 15) is 4.79 Å². The summed E-state index contributed by atoms with van der Waals surface area (Å²) in [5, 5.41) is 0.828. The Kier molecular flexibility index (Phi) is 3.52. The number of carbonyl (C=O) groups excluding carboxylic acids is 1. The van der Waals surface area contributed by atoms with Gasteiger partial charge in [-0.05, 0) is 40.5 Å². The minimum atomic E-state index is -0.420. The quantitative estimate of drug-likeness (QED) is 0.800. The Bertz CT molecular complexity index is 625. The number of hydrogen-bond acceptors (Lipinski definition) is 4. The SMILES string of the molecule is COC(=O)c1cnc2c(C)cc(OC)cc2c1Br. The highest BCUT2D eigenvalue weighted by atomic mass is 79.9. The highest BCUT2D eigenvalue weighted by Gasteiger charge is 2.15. The van der Waals surface area contributed by atoms with Gasteiger partial charge in [-0.3, -0.25) is 4.98 Å². The summed E-state index contributed by atoms with van der Waals surface area (Å²) in [7, 11) is 2.95. The molecule has 2 rings (SSSR count). The number of pyridine rings is 1. The predicted molar refractivity (Wildman–Crippen MR) is 72.1 cm³/mol. The molecular formula is C13H12BrNO3. The lowest BCUT2D eigenvalue weighted by Gasteiger charge is -2.09. The minimum absolute atomic E-state index is 0.401. The minimum Gasteiger partial charge on any atom is -0.497 e. The monoisotopic (exact) mass is 309 g/mol. The molecule has 4 nitrogen and oxygen atoms in total. The zero-order chi connectivity index (χ0) is 13.3. The fourth-order valence-electron chi connectivity index (χ4n) is 1.79. The first-order valence-electron chi connectivity index (χ1n) is 5.29. The highest BCUT2D eigenvalue weighted by molar-refractivity contribution is 9.10. The molecule has 0 spiro atoms. The van der Waals surface area contributed by atoms with Gasteiger partial charge in [0, 0.05) is 16.1 Å². The second kappa shape index (κ2) is 4.94. The van der Waals surface area contributed by atoms with E-state index in [2.05, 4.69) is 20.9 Å². The molecule has 0 aliphatic heterocycles. The van der Waals surface area contributed by atoms with Gasteiger partial charge in [0.2, 0.25) is 0 Å². The third-order valence-electron chi connectivity index (χ3n) is 2.71. The summed E-state index contributed by atoms with van der Waals surface area (Å²) in [5.74, 6) is 0.307. The van der Waals surface area contributed by atoms with Crippen LogP contribution in [0.3, 0.4) is 0 Å². The molecular weight excluding hydrogens is 298 g/mol. The van der Waals surface area contributed by atoms with Crippen molar-refractivity contribution < 1.29 is 14.3 Å². The van der Waals surface area contributed by atoms with Gasteiger partial charge in [0.05, 0.1) is 25.3 Å². The van der Waals surface area contributed by atoms with Gasteiger partial charge in [-0.25, -0.2) is 4.79 Å². The third-order valence-corrected chi connectivity index (χ3v) is 3.57. The molecule has 1 aromatic heterocycles. The van der Waals surface area contributed by atoms with E-state index in [0.717, 1.165) is 22.2 Å². The van der Waals surface area contributed by atoms with Gasteiger partial charge in [0.1, 0.15) is 5.75 Å². The van der Waals surface area contributed by atoms with Crippen LogP contribution in [0.1, 0.15) is 15.9 Å². The van der Waals surface area contributed by atoms with E-state index in [1.165, 1.54) is 13.3 Å². The first-order chi connectivity index (χ1) is 8.58. The van der Waals surface area contributed by atoms with Crippen LogP contribution in [0.25, 0.3) is 10.9 Å². The molecule has 0 aliphatic carbocycles. The molecule has 0 N–H and O–H groups in total. The highest BCUT2D eigenvalue weighted by Crippen LogP contribution is 2.31. The number of benzene rings is 1. The van der Waals surface area contributed by atoms with Crippen LogP contribution >= 0.6 is 15.9 Å². The summed E-state index contributed by atoms with van der Waals surface area (Å²) in [5.41, 5.74) is 2.22. The van der Waals surface area contributed by atoms with Crippen LogP contribution in [0.2, 0.25) is 0 Å². The Balaban J connectivity index is 2.76. The Morgan fingerprint density at radius 3 is 2.67 bits per heavy atom. The molecule has 0 unspecified atom stereocenters. The summed E-state index contributed by atoms with van der Waals surface area (Å²) >= 11 is 3.42. The molecule has 0 saturated carbocycles. The summed E-state index contributed by atoms with van der Waals surface area (Å²) < 4.78 is 10.6. The molecule has 1 heterocycles. The smallest absolute Gasteiger partial charge is 0.340 e. The zero-order valence-electron chi connectivity index (χ0n) is 10.3. The van der Waals surface area contributed by atoms with Crippen molar-refractivity contribution in [3.8, 4) is 5.75 Å². The number of rotatable bonds is 2. The maximum absolute atomic E-state index is 11.6. The Morgan fingerprint density at radius 1 is 1.33 bits per heavy atom. The summed E-state index contributed by atoms with van der Waals surface area (Å²) in [6.07, 6.45) is 1.51. The maximum atomic E-state index is 11.6. The van der Waals surface area contributed by atoms with Gasteiger partial charge in [-0.1, -0.05) is 0 Å². The molecule has 2 aromatic rings. The Hall–Kier alpha value is -1.62. The molecule has 0 radical (unpaired) electrons. The van der Waals surface area contributed by atoms with Crippen molar-refractivity contribution in [3.63, 3.8) is 0 Å². The molecule has 18 heavy (non-hydrogen) atoms. The number of hydrogen-bond donors (Lipinski definition) is 0. The lowest BCUT2D eigenvalue weighted by molar-refractivity contribution is 0.0599. The van der Waals surface area contributed by atoms with Crippen molar-refractivity contribution in [3.05, 3.63) is 33.9 Å². The first kappa shape index (κ1) is 12.8. The van der Waals surface area contributed by atoms with Crippen LogP contribution in [0.15, 0.2) is 22.8 Å². The van der Waals surface area contributed by atoms with Crippen LogP contribution < -0.4 is 4.74 Å². The number of esters is 1. The summed E-state index contributed by atoms with van der Waals surface area (Å²) in [6, 6.07) is 3.74. The number of halogens is 1. The number of ether oxygens (including phenoxy) is 2. The largest absolute Gasteiger partial charge is 0.497 e. The molecule has 0 bridgehead atoms. The molecule has 1 aromatic carbocycles. The molecule has 0 aliphatic rings. The lowest BCUT2D eigenvalue weighted by atomic mass is 10.1. The number of aromatic nitrogens is 1. The van der Waals surface area contributed by atoms with Crippen molar-refractivity contribution >= 4 is 32.8 Å². The van der Waals surface area contributed by atoms with Crippen molar-refractivity contribution in [1.29, 1.82) is 0 Å². The average molecular weight is 310 g/mol. The Labute approximate surface area is 113 Å². The molecule has 0 fully saturated rings. The van der Waals surface area contributed by atoms with Gasteiger partial charge in [0.15, 0.2) is 0 Å². The van der Waals surface area contributed by atoms with E-state index >= 15 is 0 Å². The molecule has 94 valence electrons. The van der Waals surface area contributed by atoms with E-state index in [1.807, 2.05) is 19.1 Å². The predicted octanol–water partition coefficient (Wildman–Crippen LogP) is 3.10. The molecule has 5 heteroatoms. The van der Waals surface area contributed by atoms with E-state index in [-0.39, 0.29) is 0 Å². The van der Waals surface area contributed by atoms with Crippen molar-refractivity contribution in [2.75, 3.05) is 14.2 Å². The van der Waals surface area contributed by atoms with Crippen LogP contribution in [0, 0.1) is 6.92 Å². The first-order valence-corrected chi connectivity index (χ1v) is 6.09. The number of aryl methyl sites for hydroxylation is 1. The molecule has 0 atom stereocenters. The number of carbonyl (C=O) groups is 1. The van der Waals surface area contributed by atoms with Crippen molar-refractivity contribution in [1.82, 2.24) is 4.98 Å². The van der Waals surface area contributed by atoms with Gasteiger partial charge < -0.3 is 9.47 Å². The third kappa shape index (κ3) is 2.06. The van der Waals surface area contributed by atoms with E-state index in [4.69, 9.17) is 9.47 Å². The average Bonchev–Trinajstić information content (AvgIpc) is 2.38. The zero-order valence-corrected chi connectivity index (χ0v) is 11.9. The molecule has 0 amide bonds. The number of methoxy groups -OCH3 is 2. The fourth-order valence-corrected chi connectivity index (χ4v) is 2.35. The number of fused-ring (bicyclic) bond motifs is 1. The van der Waals surface area contributed by atoms with E-state index < -0.39 is 5.97 Å². The van der Waals surface area contributed by atoms with Crippen molar-refractivity contribution in [2.24, 2.45) is 0 Å². The van der Waals surface area contributed by atoms with Gasteiger partial charge in [-0.2, -0.15) is 0 Å². The molecule has 0 saturated heterocycles. The maximum Gasteiger partial charge on any atom is 0.340 e. The van der Waals surface area contributed by atoms with E-state index in [1.54, 1.807) is 7.11 Å². The second-order valence-corrected chi connectivity index (χ2v) is 4.61. The normalized spacial score (nSPS) is 10.4. The van der Waals surface area contributed by atoms with Crippen LogP contribution in [0.4, 0.5) is 0 Å². The standard InChI is InChI=1S/C13H12BrNO3/c1-7-4-8(17-2)5-9-11(14)10(13(16)18-3)6-15-12(7)9/h4-6H,1-3H3. The lowest BCUT2D eigenvalue weighted by Crippen LogP contribution is -2.04.